The zero-order valence-electron chi connectivity index (χ0n) is 17.6. The molecule has 0 saturated carbocycles. The Balaban J connectivity index is 1.86. The summed E-state index contributed by atoms with van der Waals surface area (Å²) in [4.78, 5) is 0.197. The van der Waals surface area contributed by atoms with E-state index in [1.165, 1.54) is 4.41 Å². The monoisotopic (exact) mass is 436 g/mol. The summed E-state index contributed by atoms with van der Waals surface area (Å²) in [5.74, 6) is 1.05. The second-order valence-electron chi connectivity index (χ2n) is 7.31. The van der Waals surface area contributed by atoms with E-state index in [2.05, 4.69) is 5.10 Å². The van der Waals surface area contributed by atoms with Crippen LogP contribution in [0.3, 0.4) is 0 Å². The van der Waals surface area contributed by atoms with Crippen molar-refractivity contribution in [1.29, 1.82) is 0 Å². The van der Waals surface area contributed by atoms with Crippen molar-refractivity contribution >= 4 is 15.7 Å². The number of hydrogen-bond donors (Lipinski definition) is 0. The second kappa shape index (κ2) is 8.43. The first-order chi connectivity index (χ1) is 15.0. The zero-order valence-corrected chi connectivity index (χ0v) is 18.5. The number of ether oxygens (including phenoxy) is 2. The number of aryl methyl sites for hydroxylation is 1. The van der Waals surface area contributed by atoms with Gasteiger partial charge in [-0.15, -0.1) is 0 Å². The van der Waals surface area contributed by atoms with Crippen molar-refractivity contribution in [3.63, 3.8) is 0 Å². The van der Waals surface area contributed by atoms with Crippen LogP contribution >= 0.6 is 0 Å². The largest absolute Gasteiger partial charge is 0.493 e. The summed E-state index contributed by atoms with van der Waals surface area (Å²) >= 11 is 0. The maximum atomic E-state index is 13.6. The van der Waals surface area contributed by atoms with E-state index in [0.29, 0.717) is 29.2 Å². The number of methoxy groups -OCH3 is 2. The molecule has 31 heavy (non-hydrogen) atoms. The van der Waals surface area contributed by atoms with Crippen LogP contribution in [0.4, 0.5) is 0 Å². The normalized spacial score (nSPS) is 16.2. The van der Waals surface area contributed by atoms with E-state index in [-0.39, 0.29) is 4.90 Å². The first-order valence-electron chi connectivity index (χ1n) is 9.90. The average Bonchev–Trinajstić information content (AvgIpc) is 3.25. The molecule has 0 amide bonds. The highest BCUT2D eigenvalue weighted by molar-refractivity contribution is 7.89. The summed E-state index contributed by atoms with van der Waals surface area (Å²) in [6.07, 6.45) is 0.415. The third-order valence-corrected chi connectivity index (χ3v) is 7.03. The molecule has 0 spiro atoms. The van der Waals surface area contributed by atoms with Gasteiger partial charge in [0.05, 0.1) is 30.9 Å². The first kappa shape index (κ1) is 20.9. The van der Waals surface area contributed by atoms with Crippen LogP contribution in [-0.2, 0) is 10.0 Å². The van der Waals surface area contributed by atoms with Crippen molar-refractivity contribution in [3.05, 3.63) is 89.5 Å². The van der Waals surface area contributed by atoms with Crippen LogP contribution in [0.2, 0.25) is 0 Å². The van der Waals surface area contributed by atoms with E-state index in [4.69, 9.17) is 9.47 Å². The van der Waals surface area contributed by atoms with Gasteiger partial charge in [-0.25, -0.2) is 0 Å². The molecule has 6 nitrogen and oxygen atoms in total. The van der Waals surface area contributed by atoms with Gasteiger partial charge >= 0.3 is 0 Å². The van der Waals surface area contributed by atoms with Gasteiger partial charge in [-0.3, -0.25) is 0 Å². The number of para-hydroxylation sites is 1. The minimum atomic E-state index is -3.89. The fraction of sp³-hybridized carbons (Fsp3) is 0.208. The van der Waals surface area contributed by atoms with Crippen molar-refractivity contribution in [2.75, 3.05) is 14.2 Å². The molecule has 0 unspecified atom stereocenters. The molecule has 7 heteroatoms. The predicted molar refractivity (Wildman–Crippen MR) is 120 cm³/mol. The molecule has 1 atom stereocenters. The highest BCUT2D eigenvalue weighted by atomic mass is 32.2. The number of benzene rings is 3. The summed E-state index contributed by atoms with van der Waals surface area (Å²) in [6, 6.07) is 21.3. The molecule has 0 saturated heterocycles. The molecular formula is C24H24N2O4S. The number of nitrogens with zero attached hydrogens (tertiary/aromatic N) is 2. The standard InChI is InChI=1S/C24H24N2O4S/c1-17-12-14-19(15-13-17)31(27,28)26-22(16-21(25-26)18-8-5-4-6-9-18)20-10-7-11-23(29-2)24(20)30-3/h4-15,22H,16H2,1-3H3/t22-/m0/s1. The second-order valence-corrected chi connectivity index (χ2v) is 9.10. The van der Waals surface area contributed by atoms with Gasteiger partial charge in [-0.1, -0.05) is 60.2 Å². The lowest BCUT2D eigenvalue weighted by Crippen LogP contribution is -2.27. The molecule has 3 aromatic rings. The highest BCUT2D eigenvalue weighted by Crippen LogP contribution is 2.43. The third-order valence-electron chi connectivity index (χ3n) is 5.34. The summed E-state index contributed by atoms with van der Waals surface area (Å²) in [5.41, 5.74) is 3.27. The Morgan fingerprint density at radius 3 is 2.26 bits per heavy atom. The molecule has 0 fully saturated rings. The molecule has 0 bridgehead atoms. The van der Waals surface area contributed by atoms with Crippen molar-refractivity contribution in [3.8, 4) is 11.5 Å². The molecule has 0 aliphatic carbocycles. The minimum Gasteiger partial charge on any atom is -0.493 e. The predicted octanol–water partition coefficient (Wildman–Crippen LogP) is 4.55. The first-order valence-corrected chi connectivity index (χ1v) is 11.3. The average molecular weight is 437 g/mol. The molecule has 0 radical (unpaired) electrons. The SMILES string of the molecule is COc1cccc([C@@H]2CC(c3ccccc3)=NN2S(=O)(=O)c2ccc(C)cc2)c1OC. The third kappa shape index (κ3) is 3.88. The molecule has 1 aliphatic heterocycles. The van der Waals surface area contributed by atoms with E-state index in [9.17, 15) is 8.42 Å². The van der Waals surface area contributed by atoms with Crippen molar-refractivity contribution in [2.24, 2.45) is 5.10 Å². The van der Waals surface area contributed by atoms with Crippen LogP contribution in [0.5, 0.6) is 11.5 Å². The van der Waals surface area contributed by atoms with E-state index >= 15 is 0 Å². The highest BCUT2D eigenvalue weighted by Gasteiger charge is 2.39. The van der Waals surface area contributed by atoms with Crippen LogP contribution < -0.4 is 9.47 Å². The Morgan fingerprint density at radius 1 is 0.903 bits per heavy atom. The summed E-state index contributed by atoms with van der Waals surface area (Å²) in [6.45, 7) is 1.92. The molecule has 0 N–H and O–H groups in total. The molecule has 4 rings (SSSR count). The van der Waals surface area contributed by atoms with Crippen LogP contribution in [0.25, 0.3) is 0 Å². The Kier molecular flexibility index (Phi) is 5.69. The van der Waals surface area contributed by atoms with Gasteiger partial charge in [0.1, 0.15) is 0 Å². The zero-order chi connectivity index (χ0) is 22.0. The van der Waals surface area contributed by atoms with Crippen LogP contribution in [0, 0.1) is 6.92 Å². The number of rotatable bonds is 6. The van der Waals surface area contributed by atoms with Crippen molar-refractivity contribution < 1.29 is 17.9 Å². The molecule has 3 aromatic carbocycles. The smallest absolute Gasteiger partial charge is 0.279 e. The lowest BCUT2D eigenvalue weighted by Gasteiger charge is -2.25. The fourth-order valence-corrected chi connectivity index (χ4v) is 5.16. The van der Waals surface area contributed by atoms with Crippen molar-refractivity contribution in [1.82, 2.24) is 4.41 Å². The van der Waals surface area contributed by atoms with Crippen LogP contribution in [-0.4, -0.2) is 32.8 Å². The van der Waals surface area contributed by atoms with E-state index in [0.717, 1.165) is 11.1 Å². The lowest BCUT2D eigenvalue weighted by atomic mass is 9.98. The number of hydrazone groups is 1. The molecule has 0 aromatic heterocycles. The summed E-state index contributed by atoms with van der Waals surface area (Å²) in [5, 5.41) is 4.58. The lowest BCUT2D eigenvalue weighted by molar-refractivity contribution is 0.328. The van der Waals surface area contributed by atoms with Gasteiger partial charge in [0.15, 0.2) is 11.5 Å². The quantitative estimate of drug-likeness (QED) is 0.568. The molecule has 1 aliphatic rings. The maximum absolute atomic E-state index is 13.6. The fourth-order valence-electron chi connectivity index (χ4n) is 3.74. The van der Waals surface area contributed by atoms with E-state index in [1.807, 2.05) is 49.4 Å². The summed E-state index contributed by atoms with van der Waals surface area (Å²) < 4.78 is 39.5. The van der Waals surface area contributed by atoms with Gasteiger partial charge in [0.2, 0.25) is 0 Å². The summed E-state index contributed by atoms with van der Waals surface area (Å²) in [7, 11) is -0.781. The van der Waals surface area contributed by atoms with E-state index < -0.39 is 16.1 Å². The van der Waals surface area contributed by atoms with E-state index in [1.54, 1.807) is 44.6 Å². The number of sulfonamides is 1. The number of hydrogen-bond acceptors (Lipinski definition) is 5. The maximum Gasteiger partial charge on any atom is 0.279 e. The Morgan fingerprint density at radius 2 is 1.61 bits per heavy atom. The van der Waals surface area contributed by atoms with Crippen LogP contribution in [0.15, 0.2) is 82.8 Å². The topological polar surface area (TPSA) is 68.2 Å². The molecular weight excluding hydrogens is 412 g/mol. The Hall–Kier alpha value is -3.32. The van der Waals surface area contributed by atoms with Crippen molar-refractivity contribution in [2.45, 2.75) is 24.3 Å². The van der Waals surface area contributed by atoms with Gasteiger partial charge < -0.3 is 9.47 Å². The van der Waals surface area contributed by atoms with Crippen LogP contribution in [0.1, 0.15) is 29.2 Å². The minimum absolute atomic E-state index is 0.197. The Bertz CT molecular complexity index is 1210. The molecule has 1 heterocycles. The molecule has 160 valence electrons. The van der Waals surface area contributed by atoms with Gasteiger partial charge in [0, 0.05) is 12.0 Å². The van der Waals surface area contributed by atoms with Gasteiger partial charge in [0.25, 0.3) is 10.0 Å². The van der Waals surface area contributed by atoms with Gasteiger partial charge in [-0.05, 0) is 30.7 Å². The Labute approximate surface area is 182 Å². The van der Waals surface area contributed by atoms with Gasteiger partial charge in [-0.2, -0.15) is 17.9 Å².